The van der Waals surface area contributed by atoms with E-state index < -0.39 is 0 Å². The number of hydrogen-bond acceptors (Lipinski definition) is 1. The fourth-order valence-corrected chi connectivity index (χ4v) is 2.62. The Kier molecular flexibility index (Phi) is 5.02. The number of anilines is 1. The lowest BCUT2D eigenvalue weighted by Gasteiger charge is -2.08. The molecule has 0 atom stereocenters. The molecular weight excluding hydrogens is 393 g/mol. The highest BCUT2D eigenvalue weighted by atomic mass is 79.9. The Balaban J connectivity index is 2.03. The second-order valence-corrected chi connectivity index (χ2v) is 6.18. The fraction of sp³-hybridized carbons (Fsp3) is 0.0714. The first-order chi connectivity index (χ1) is 9.04. The van der Waals surface area contributed by atoms with E-state index in [0.717, 1.165) is 14.5 Å². The quantitative estimate of drug-likeness (QED) is 0.764. The Morgan fingerprint density at radius 1 is 1.11 bits per heavy atom. The van der Waals surface area contributed by atoms with E-state index >= 15 is 0 Å². The van der Waals surface area contributed by atoms with Crippen molar-refractivity contribution in [2.45, 2.75) is 6.42 Å². The maximum Gasteiger partial charge on any atom is 0.228 e. The topological polar surface area (TPSA) is 29.1 Å². The lowest BCUT2D eigenvalue weighted by Crippen LogP contribution is -2.14. The molecule has 2 nitrogen and oxygen atoms in total. The molecule has 0 radical (unpaired) electrons. The van der Waals surface area contributed by atoms with Crippen LogP contribution < -0.4 is 5.32 Å². The van der Waals surface area contributed by atoms with Gasteiger partial charge in [0, 0.05) is 14.0 Å². The molecule has 1 N–H and O–H groups in total. The molecular formula is C14H10Br2ClNO. The third-order valence-corrected chi connectivity index (χ3v) is 3.90. The van der Waals surface area contributed by atoms with Gasteiger partial charge in [-0.05, 0) is 51.8 Å². The molecule has 98 valence electrons. The van der Waals surface area contributed by atoms with Gasteiger partial charge in [0.2, 0.25) is 5.91 Å². The molecule has 0 spiro atoms. The first-order valence-corrected chi connectivity index (χ1v) is 7.50. The van der Waals surface area contributed by atoms with Gasteiger partial charge in [0.1, 0.15) is 0 Å². The summed E-state index contributed by atoms with van der Waals surface area (Å²) < 4.78 is 1.77. The van der Waals surface area contributed by atoms with Crippen LogP contribution in [0.5, 0.6) is 0 Å². The molecule has 0 fully saturated rings. The van der Waals surface area contributed by atoms with Crippen molar-refractivity contribution >= 4 is 55.1 Å². The summed E-state index contributed by atoms with van der Waals surface area (Å²) in [5.74, 6) is -0.0645. The normalized spacial score (nSPS) is 10.3. The Labute approximate surface area is 133 Å². The van der Waals surface area contributed by atoms with Crippen molar-refractivity contribution in [2.75, 3.05) is 5.32 Å². The third-order valence-electron chi connectivity index (χ3n) is 2.48. The molecule has 0 bridgehead atoms. The zero-order chi connectivity index (χ0) is 13.8. The molecule has 0 aromatic heterocycles. The molecule has 0 aliphatic carbocycles. The zero-order valence-corrected chi connectivity index (χ0v) is 13.7. The highest BCUT2D eigenvalue weighted by molar-refractivity contribution is 9.10. The minimum absolute atomic E-state index is 0.0645. The molecule has 2 rings (SSSR count). The number of nitrogens with one attached hydrogen (secondary N) is 1. The van der Waals surface area contributed by atoms with Gasteiger partial charge < -0.3 is 5.32 Å². The number of hydrogen-bond donors (Lipinski definition) is 1. The molecule has 0 unspecified atom stereocenters. The van der Waals surface area contributed by atoms with E-state index in [1.807, 2.05) is 24.3 Å². The van der Waals surface area contributed by atoms with Crippen molar-refractivity contribution in [3.63, 3.8) is 0 Å². The Morgan fingerprint density at radius 3 is 2.42 bits per heavy atom. The minimum Gasteiger partial charge on any atom is -0.325 e. The highest BCUT2D eigenvalue weighted by Crippen LogP contribution is 2.26. The predicted molar refractivity (Wildman–Crippen MR) is 85.6 cm³/mol. The van der Waals surface area contributed by atoms with Gasteiger partial charge in [-0.3, -0.25) is 4.79 Å². The van der Waals surface area contributed by atoms with E-state index in [1.54, 1.807) is 18.2 Å². The molecule has 2 aromatic carbocycles. The Hall–Kier alpha value is -0.840. The molecule has 0 aliphatic heterocycles. The van der Waals surface area contributed by atoms with Crippen LogP contribution in [0.25, 0.3) is 0 Å². The predicted octanol–water partition coefficient (Wildman–Crippen LogP) is 5.05. The van der Waals surface area contributed by atoms with E-state index in [1.165, 1.54) is 0 Å². The van der Waals surface area contributed by atoms with Gasteiger partial charge >= 0.3 is 0 Å². The molecule has 1 amide bonds. The van der Waals surface area contributed by atoms with E-state index in [2.05, 4.69) is 37.2 Å². The molecule has 0 saturated carbocycles. The van der Waals surface area contributed by atoms with Crippen LogP contribution in [0.2, 0.25) is 5.02 Å². The number of carbonyl (C=O) groups is 1. The van der Waals surface area contributed by atoms with Crippen molar-refractivity contribution < 1.29 is 4.79 Å². The fourth-order valence-electron chi connectivity index (χ4n) is 1.57. The smallest absolute Gasteiger partial charge is 0.228 e. The molecule has 0 aliphatic rings. The number of halogens is 3. The van der Waals surface area contributed by atoms with Crippen LogP contribution in [0.4, 0.5) is 5.69 Å². The molecule has 0 saturated heterocycles. The number of carbonyl (C=O) groups excluding carboxylic acids is 1. The lowest BCUT2D eigenvalue weighted by molar-refractivity contribution is -0.115. The van der Waals surface area contributed by atoms with Gasteiger partial charge in [0.05, 0.1) is 12.1 Å². The van der Waals surface area contributed by atoms with Gasteiger partial charge in [-0.2, -0.15) is 0 Å². The Bertz CT molecular complexity index is 599. The Morgan fingerprint density at radius 2 is 1.79 bits per heavy atom. The summed E-state index contributed by atoms with van der Waals surface area (Å²) in [4.78, 5) is 11.9. The largest absolute Gasteiger partial charge is 0.325 e. The summed E-state index contributed by atoms with van der Waals surface area (Å²) >= 11 is 12.6. The summed E-state index contributed by atoms with van der Waals surface area (Å²) in [7, 11) is 0. The summed E-state index contributed by atoms with van der Waals surface area (Å²) in [6.07, 6.45) is 0.336. The summed E-state index contributed by atoms with van der Waals surface area (Å²) in [5, 5.41) is 3.47. The zero-order valence-electron chi connectivity index (χ0n) is 9.79. The average Bonchev–Trinajstić information content (AvgIpc) is 2.36. The number of rotatable bonds is 3. The summed E-state index contributed by atoms with van der Waals surface area (Å²) in [6, 6.07) is 12.9. The third kappa shape index (κ3) is 4.34. The molecule has 0 heterocycles. The van der Waals surface area contributed by atoms with Gasteiger partial charge in [-0.1, -0.05) is 39.7 Å². The number of benzene rings is 2. The van der Waals surface area contributed by atoms with Crippen molar-refractivity contribution in [2.24, 2.45) is 0 Å². The summed E-state index contributed by atoms with van der Waals surface area (Å²) in [6.45, 7) is 0. The van der Waals surface area contributed by atoms with Crippen LogP contribution in [-0.2, 0) is 11.2 Å². The van der Waals surface area contributed by atoms with Crippen molar-refractivity contribution in [3.8, 4) is 0 Å². The van der Waals surface area contributed by atoms with E-state index in [9.17, 15) is 4.79 Å². The van der Waals surface area contributed by atoms with Gasteiger partial charge in [0.15, 0.2) is 0 Å². The van der Waals surface area contributed by atoms with Crippen LogP contribution >= 0.6 is 43.5 Å². The van der Waals surface area contributed by atoms with Gasteiger partial charge in [-0.25, -0.2) is 0 Å². The number of amides is 1. The van der Waals surface area contributed by atoms with Crippen molar-refractivity contribution in [1.29, 1.82) is 0 Å². The van der Waals surface area contributed by atoms with Crippen molar-refractivity contribution in [3.05, 3.63) is 62.0 Å². The van der Waals surface area contributed by atoms with Crippen molar-refractivity contribution in [1.82, 2.24) is 0 Å². The second-order valence-electron chi connectivity index (χ2n) is 3.98. The summed E-state index contributed by atoms with van der Waals surface area (Å²) in [5.41, 5.74) is 1.68. The van der Waals surface area contributed by atoms with Crippen LogP contribution in [0.15, 0.2) is 51.4 Å². The van der Waals surface area contributed by atoms with Crippen LogP contribution in [0, 0.1) is 0 Å². The average molecular weight is 404 g/mol. The maximum absolute atomic E-state index is 11.9. The van der Waals surface area contributed by atoms with Crippen LogP contribution in [0.3, 0.4) is 0 Å². The van der Waals surface area contributed by atoms with Gasteiger partial charge in [-0.15, -0.1) is 0 Å². The standard InChI is InChI=1S/C14H10Br2ClNO/c15-10-3-1-9(2-4-10)7-14(19)18-13-6-5-11(17)8-12(13)16/h1-6,8H,7H2,(H,18,19). The first-order valence-electron chi connectivity index (χ1n) is 5.54. The monoisotopic (exact) mass is 401 g/mol. The van der Waals surface area contributed by atoms with E-state index in [-0.39, 0.29) is 5.91 Å². The van der Waals surface area contributed by atoms with Crippen LogP contribution in [0.1, 0.15) is 5.56 Å². The van der Waals surface area contributed by atoms with Crippen LogP contribution in [-0.4, -0.2) is 5.91 Å². The molecule has 19 heavy (non-hydrogen) atoms. The highest BCUT2D eigenvalue weighted by Gasteiger charge is 2.07. The molecule has 5 heteroatoms. The maximum atomic E-state index is 11.9. The lowest BCUT2D eigenvalue weighted by atomic mass is 10.1. The SMILES string of the molecule is O=C(Cc1ccc(Br)cc1)Nc1ccc(Cl)cc1Br. The van der Waals surface area contributed by atoms with E-state index in [4.69, 9.17) is 11.6 Å². The van der Waals surface area contributed by atoms with E-state index in [0.29, 0.717) is 17.1 Å². The minimum atomic E-state index is -0.0645. The molecule has 2 aromatic rings. The second kappa shape index (κ2) is 6.55. The van der Waals surface area contributed by atoms with Gasteiger partial charge in [0.25, 0.3) is 0 Å². The first kappa shape index (κ1) is 14.6.